The van der Waals surface area contributed by atoms with Crippen LogP contribution >= 0.6 is 0 Å². The van der Waals surface area contributed by atoms with Crippen molar-refractivity contribution in [2.75, 3.05) is 49.8 Å². The van der Waals surface area contributed by atoms with Gasteiger partial charge in [0, 0.05) is 37.3 Å². The van der Waals surface area contributed by atoms with E-state index < -0.39 is 5.97 Å². The lowest BCUT2D eigenvalue weighted by molar-refractivity contribution is -0.134. The van der Waals surface area contributed by atoms with Crippen molar-refractivity contribution >= 4 is 29.1 Å². The Morgan fingerprint density at radius 1 is 1.00 bits per heavy atom. The second-order valence-corrected chi connectivity index (χ2v) is 11.1. The Balaban J connectivity index is 0.00000104. The average Bonchev–Trinajstić information content (AvgIpc) is 3.24. The summed E-state index contributed by atoms with van der Waals surface area (Å²) in [5.74, 6) is -0.00486. The van der Waals surface area contributed by atoms with Gasteiger partial charge in [0.2, 0.25) is 0 Å². The van der Waals surface area contributed by atoms with Crippen molar-refractivity contribution in [3.8, 4) is 5.75 Å². The number of carboxylic acids is 1. The van der Waals surface area contributed by atoms with Crippen molar-refractivity contribution in [1.82, 2.24) is 4.90 Å². The summed E-state index contributed by atoms with van der Waals surface area (Å²) in [7, 11) is 1.67. The first-order chi connectivity index (χ1) is 21.3. The van der Waals surface area contributed by atoms with Crippen molar-refractivity contribution in [2.24, 2.45) is 10.5 Å². The quantitative estimate of drug-likeness (QED) is 0.229. The largest absolute Gasteiger partial charge is 0.497 e. The Morgan fingerprint density at radius 2 is 1.66 bits per heavy atom. The molecule has 1 spiro atoms. The fraction of sp³-hybridized carbons (Fsp3) is 0.343. The summed E-state index contributed by atoms with van der Waals surface area (Å²) >= 11 is 0. The van der Waals surface area contributed by atoms with E-state index in [2.05, 4.69) is 29.3 Å². The van der Waals surface area contributed by atoms with Crippen molar-refractivity contribution in [3.05, 3.63) is 103 Å². The third-order valence-electron chi connectivity index (χ3n) is 7.82. The molecule has 2 saturated heterocycles. The molecular weight excluding hydrogens is 556 g/mol. The molecule has 0 radical (unpaired) electrons. The molecule has 1 amide bonds. The van der Waals surface area contributed by atoms with Gasteiger partial charge in [-0.05, 0) is 93.4 Å². The summed E-state index contributed by atoms with van der Waals surface area (Å²) in [5.41, 5.74) is 3.86. The predicted molar refractivity (Wildman–Crippen MR) is 174 cm³/mol. The minimum absolute atomic E-state index is 0.0158. The molecule has 44 heavy (non-hydrogen) atoms. The molecule has 1 N–H and O–H groups in total. The number of carbonyl (C=O) groups is 2. The number of likely N-dealkylation sites (tertiary alicyclic amines) is 1. The number of nitrogens with zero attached hydrogens (tertiary/aromatic N) is 4. The Bertz CT molecular complexity index is 1410. The van der Waals surface area contributed by atoms with E-state index in [4.69, 9.17) is 24.5 Å². The molecule has 1 atom stereocenters. The summed E-state index contributed by atoms with van der Waals surface area (Å²) in [6.45, 7) is 7.13. The lowest BCUT2D eigenvalue weighted by Gasteiger charge is -2.41. The first-order valence-corrected chi connectivity index (χ1v) is 14.9. The van der Waals surface area contributed by atoms with E-state index in [-0.39, 0.29) is 11.5 Å². The highest BCUT2D eigenvalue weighted by Crippen LogP contribution is 2.37. The monoisotopic (exact) mass is 598 g/mol. The molecule has 0 saturated carbocycles. The molecule has 2 fully saturated rings. The Labute approximate surface area is 260 Å². The second-order valence-electron chi connectivity index (χ2n) is 11.1. The van der Waals surface area contributed by atoms with E-state index in [1.165, 1.54) is 0 Å². The number of carboxylic acid groups (broad SMARTS) is 1. The number of hydrogen-bond donors (Lipinski definition) is 1. The van der Waals surface area contributed by atoms with Crippen LogP contribution in [0.3, 0.4) is 0 Å². The molecule has 9 heteroatoms. The van der Waals surface area contributed by atoms with E-state index in [1.54, 1.807) is 12.0 Å². The van der Waals surface area contributed by atoms with Gasteiger partial charge in [0.05, 0.1) is 18.5 Å². The zero-order valence-corrected chi connectivity index (χ0v) is 25.8. The summed E-state index contributed by atoms with van der Waals surface area (Å²) in [6, 6.07) is 28.0. The molecule has 0 aromatic heterocycles. The van der Waals surface area contributed by atoms with E-state index in [0.29, 0.717) is 13.2 Å². The fourth-order valence-electron chi connectivity index (χ4n) is 5.44. The normalized spacial score (nSPS) is 19.1. The summed E-state index contributed by atoms with van der Waals surface area (Å²) in [5, 5.41) is 14.3. The molecule has 0 aliphatic carbocycles. The lowest BCUT2D eigenvalue weighted by atomic mass is 9.80. The van der Waals surface area contributed by atoms with Crippen LogP contribution in [-0.4, -0.2) is 67.7 Å². The van der Waals surface area contributed by atoms with Crippen LogP contribution in [-0.2, 0) is 9.53 Å². The average molecular weight is 599 g/mol. The fourth-order valence-corrected chi connectivity index (χ4v) is 5.44. The van der Waals surface area contributed by atoms with Gasteiger partial charge in [-0.2, -0.15) is 5.10 Å². The molecule has 9 nitrogen and oxygen atoms in total. The first-order valence-electron chi connectivity index (χ1n) is 14.9. The molecule has 2 aliphatic heterocycles. The molecule has 3 aromatic carbocycles. The topological polar surface area (TPSA) is 94.9 Å². The Morgan fingerprint density at radius 3 is 2.32 bits per heavy atom. The highest BCUT2D eigenvalue weighted by atomic mass is 16.6. The third kappa shape index (κ3) is 9.18. The summed E-state index contributed by atoms with van der Waals surface area (Å²) in [6.07, 6.45) is 7.12. The Hall–Kier alpha value is -4.63. The number of ether oxygens (including phenoxy) is 2. The minimum atomic E-state index is -0.833. The van der Waals surface area contributed by atoms with Crippen molar-refractivity contribution in [1.29, 1.82) is 0 Å². The van der Waals surface area contributed by atoms with Crippen LogP contribution in [0, 0.1) is 5.41 Å². The molecule has 2 heterocycles. The second kappa shape index (κ2) is 15.7. The van der Waals surface area contributed by atoms with Crippen LogP contribution in [0.1, 0.15) is 38.7 Å². The van der Waals surface area contributed by atoms with Gasteiger partial charge in [-0.25, -0.2) is 9.80 Å². The number of cyclic esters (lactones) is 1. The number of hydrazone groups is 1. The van der Waals surface area contributed by atoms with Gasteiger partial charge in [0.1, 0.15) is 12.4 Å². The first kappa shape index (κ1) is 32.3. The van der Waals surface area contributed by atoms with Gasteiger partial charge < -0.3 is 14.6 Å². The maximum atomic E-state index is 12.6. The van der Waals surface area contributed by atoms with E-state index in [9.17, 15) is 4.79 Å². The standard InChI is InChI=1S/C33H38N4O3.C2H4O2/c1-27(28-15-17-31(39-2)18-16-28)34-37(30-13-7-4-8-14-30)23-10-22-35-21-9-19-33(20-24-35)25-36(32(38)40-26-33)29-11-5-3-6-12-29;1-2(3)4/h3-8,10-18,23H,9,19-22,24-26H2,1-2H3;1H3,(H,3,4)/b23-10+,34-27+;. The number of carbonyl (C=O) groups excluding carboxylic acids is 1. The van der Waals surface area contributed by atoms with Gasteiger partial charge in [0.15, 0.2) is 0 Å². The van der Waals surface area contributed by atoms with Gasteiger partial charge in [-0.3, -0.25) is 14.6 Å². The summed E-state index contributed by atoms with van der Waals surface area (Å²) < 4.78 is 11.0. The molecule has 0 bridgehead atoms. The van der Waals surface area contributed by atoms with Gasteiger partial charge in [-0.15, -0.1) is 0 Å². The highest BCUT2D eigenvalue weighted by Gasteiger charge is 2.41. The molecule has 232 valence electrons. The minimum Gasteiger partial charge on any atom is -0.497 e. The number of aliphatic carboxylic acids is 1. The molecular formula is C35H42N4O5. The number of benzene rings is 3. The Kier molecular flexibility index (Phi) is 11.5. The zero-order chi connectivity index (χ0) is 31.4. The van der Waals surface area contributed by atoms with Gasteiger partial charge >= 0.3 is 6.09 Å². The van der Waals surface area contributed by atoms with Crippen LogP contribution in [0.4, 0.5) is 16.2 Å². The molecule has 3 aromatic rings. The number of anilines is 2. The van der Waals surface area contributed by atoms with Crippen LogP contribution < -0.4 is 14.6 Å². The van der Waals surface area contributed by atoms with Gasteiger partial charge in [-0.1, -0.05) is 42.5 Å². The molecule has 2 aliphatic rings. The maximum Gasteiger partial charge on any atom is 0.414 e. The number of amides is 1. The van der Waals surface area contributed by atoms with Crippen molar-refractivity contribution in [2.45, 2.75) is 33.1 Å². The predicted octanol–water partition coefficient (Wildman–Crippen LogP) is 6.66. The summed E-state index contributed by atoms with van der Waals surface area (Å²) in [4.78, 5) is 25.8. The third-order valence-corrected chi connectivity index (χ3v) is 7.82. The van der Waals surface area contributed by atoms with Crippen molar-refractivity contribution < 1.29 is 24.2 Å². The van der Waals surface area contributed by atoms with E-state index in [1.807, 2.05) is 84.7 Å². The van der Waals surface area contributed by atoms with Crippen LogP contribution in [0.5, 0.6) is 5.75 Å². The number of rotatable bonds is 8. The van der Waals surface area contributed by atoms with E-state index >= 15 is 0 Å². The van der Waals surface area contributed by atoms with Crippen molar-refractivity contribution in [3.63, 3.8) is 0 Å². The number of hydrogen-bond acceptors (Lipinski definition) is 7. The van der Waals surface area contributed by atoms with Crippen LogP contribution in [0.15, 0.2) is 102 Å². The smallest absolute Gasteiger partial charge is 0.414 e. The van der Waals surface area contributed by atoms with Gasteiger partial charge in [0.25, 0.3) is 5.97 Å². The lowest BCUT2D eigenvalue weighted by Crippen LogP contribution is -2.50. The van der Waals surface area contributed by atoms with Crippen LogP contribution in [0.25, 0.3) is 0 Å². The molecule has 5 rings (SSSR count). The maximum absolute atomic E-state index is 12.6. The SMILES string of the molecule is CC(=O)O.COc1ccc(/C(C)=N/N(/C=C/CN2CCCC3(CC2)COC(=O)N(c2ccccc2)C3)c2ccccc2)cc1. The number of methoxy groups -OCH3 is 1. The molecule has 1 unspecified atom stereocenters. The van der Waals surface area contributed by atoms with E-state index in [0.717, 1.165) is 74.2 Å². The van der Waals surface area contributed by atoms with Crippen LogP contribution in [0.2, 0.25) is 0 Å². The highest BCUT2D eigenvalue weighted by molar-refractivity contribution is 5.99. The zero-order valence-electron chi connectivity index (χ0n) is 25.8. The number of para-hydroxylation sites is 2.